The predicted molar refractivity (Wildman–Crippen MR) is 61.4 cm³/mol. The van der Waals surface area contributed by atoms with Crippen LogP contribution in [0.3, 0.4) is 0 Å². The molecular formula is C12H15N3O. The fourth-order valence-electron chi connectivity index (χ4n) is 2.00. The van der Waals surface area contributed by atoms with Crippen LogP contribution in [0.1, 0.15) is 25.6 Å². The molecule has 3 heterocycles. The van der Waals surface area contributed by atoms with E-state index < -0.39 is 0 Å². The van der Waals surface area contributed by atoms with Gasteiger partial charge in [-0.3, -0.25) is 4.98 Å². The number of aromatic nitrogens is 3. The zero-order valence-electron chi connectivity index (χ0n) is 9.55. The van der Waals surface area contributed by atoms with E-state index in [1.54, 1.807) is 6.20 Å². The average Bonchev–Trinajstić information content (AvgIpc) is 3.00. The molecule has 1 saturated heterocycles. The van der Waals surface area contributed by atoms with E-state index in [0.29, 0.717) is 12.0 Å². The molecular weight excluding hydrogens is 202 g/mol. The first-order valence-corrected chi connectivity index (χ1v) is 5.67. The summed E-state index contributed by atoms with van der Waals surface area (Å²) < 4.78 is 7.54. The number of hydrogen-bond acceptors (Lipinski definition) is 3. The first kappa shape index (κ1) is 9.78. The third-order valence-electron chi connectivity index (χ3n) is 2.89. The minimum Gasteiger partial charge on any atom is -0.371 e. The van der Waals surface area contributed by atoms with Gasteiger partial charge in [0.25, 0.3) is 0 Å². The third-order valence-corrected chi connectivity index (χ3v) is 2.89. The zero-order chi connectivity index (χ0) is 11.1. The Morgan fingerprint density at radius 2 is 2.38 bits per heavy atom. The van der Waals surface area contributed by atoms with Crippen LogP contribution in [-0.4, -0.2) is 27.2 Å². The van der Waals surface area contributed by atoms with Gasteiger partial charge < -0.3 is 9.30 Å². The fraction of sp³-hybridized carbons (Fsp3) is 0.500. The number of ether oxygens (including phenoxy) is 1. The molecule has 4 heteroatoms. The molecule has 2 aromatic rings. The maximum absolute atomic E-state index is 5.30. The van der Waals surface area contributed by atoms with E-state index in [9.17, 15) is 0 Å². The Hall–Kier alpha value is -1.42. The number of pyridine rings is 1. The molecule has 1 aliphatic rings. The second-order valence-corrected chi connectivity index (χ2v) is 4.56. The van der Waals surface area contributed by atoms with Crippen LogP contribution < -0.4 is 0 Å². The van der Waals surface area contributed by atoms with Crippen molar-refractivity contribution in [3.8, 4) is 0 Å². The molecule has 0 amide bonds. The molecule has 0 radical (unpaired) electrons. The van der Waals surface area contributed by atoms with Crippen LogP contribution in [0, 0.1) is 0 Å². The van der Waals surface area contributed by atoms with Crippen molar-refractivity contribution < 1.29 is 4.74 Å². The van der Waals surface area contributed by atoms with Crippen LogP contribution in [0.15, 0.2) is 18.5 Å². The smallest absolute Gasteiger partial charge is 0.112 e. The van der Waals surface area contributed by atoms with Crippen LogP contribution >= 0.6 is 0 Å². The lowest BCUT2D eigenvalue weighted by Gasteiger charge is -2.09. The van der Waals surface area contributed by atoms with Crippen LogP contribution in [0.5, 0.6) is 0 Å². The fourth-order valence-corrected chi connectivity index (χ4v) is 2.00. The monoisotopic (exact) mass is 217 g/mol. The summed E-state index contributed by atoms with van der Waals surface area (Å²) in [5.41, 5.74) is 2.14. The molecule has 1 aliphatic heterocycles. The van der Waals surface area contributed by atoms with Crippen molar-refractivity contribution in [1.82, 2.24) is 14.5 Å². The molecule has 0 aromatic carbocycles. The summed E-state index contributed by atoms with van der Waals surface area (Å²) in [5.74, 6) is 1.55. The van der Waals surface area contributed by atoms with Crippen molar-refractivity contribution >= 4 is 11.0 Å². The van der Waals surface area contributed by atoms with Gasteiger partial charge in [-0.05, 0) is 6.07 Å². The molecule has 1 fully saturated rings. The lowest BCUT2D eigenvalue weighted by Crippen LogP contribution is -2.09. The highest BCUT2D eigenvalue weighted by Crippen LogP contribution is 2.23. The number of imidazole rings is 1. The minimum atomic E-state index is 0.370. The largest absolute Gasteiger partial charge is 0.371 e. The summed E-state index contributed by atoms with van der Waals surface area (Å²) in [5, 5.41) is 0. The maximum atomic E-state index is 5.30. The SMILES string of the molecule is CC(C)c1nc2ccncc2n1CC1CO1. The zero-order valence-corrected chi connectivity index (χ0v) is 9.55. The summed E-state index contributed by atoms with van der Waals surface area (Å²) in [6.07, 6.45) is 4.05. The molecule has 0 bridgehead atoms. The van der Waals surface area contributed by atoms with Gasteiger partial charge >= 0.3 is 0 Å². The minimum absolute atomic E-state index is 0.370. The first-order chi connectivity index (χ1) is 7.75. The molecule has 84 valence electrons. The number of hydrogen-bond donors (Lipinski definition) is 0. The molecule has 0 spiro atoms. The van der Waals surface area contributed by atoms with Crippen molar-refractivity contribution in [3.05, 3.63) is 24.3 Å². The van der Waals surface area contributed by atoms with Gasteiger partial charge in [-0.25, -0.2) is 4.98 Å². The maximum Gasteiger partial charge on any atom is 0.112 e. The quantitative estimate of drug-likeness (QED) is 0.738. The molecule has 0 N–H and O–H groups in total. The summed E-state index contributed by atoms with van der Waals surface area (Å²) >= 11 is 0. The standard InChI is InChI=1S/C12H15N3O/c1-8(2)12-14-10-3-4-13-5-11(10)15(12)6-9-7-16-9/h3-5,8-9H,6-7H2,1-2H3. The second kappa shape index (κ2) is 3.56. The van der Waals surface area contributed by atoms with Gasteiger partial charge in [0.2, 0.25) is 0 Å². The van der Waals surface area contributed by atoms with Crippen LogP contribution in [0.25, 0.3) is 11.0 Å². The molecule has 0 aliphatic carbocycles. The van der Waals surface area contributed by atoms with Crippen molar-refractivity contribution in [3.63, 3.8) is 0 Å². The van der Waals surface area contributed by atoms with E-state index in [4.69, 9.17) is 4.74 Å². The van der Waals surface area contributed by atoms with E-state index in [1.165, 1.54) is 0 Å². The van der Waals surface area contributed by atoms with Crippen molar-refractivity contribution in [2.24, 2.45) is 0 Å². The Morgan fingerprint density at radius 1 is 1.56 bits per heavy atom. The predicted octanol–water partition coefficient (Wildman–Crippen LogP) is 1.95. The molecule has 16 heavy (non-hydrogen) atoms. The van der Waals surface area contributed by atoms with Crippen molar-refractivity contribution in [1.29, 1.82) is 0 Å². The number of nitrogens with zero attached hydrogens (tertiary/aromatic N) is 3. The van der Waals surface area contributed by atoms with Gasteiger partial charge in [0, 0.05) is 12.1 Å². The third kappa shape index (κ3) is 1.59. The van der Waals surface area contributed by atoms with Gasteiger partial charge in [0.1, 0.15) is 5.82 Å². The lowest BCUT2D eigenvalue weighted by atomic mass is 10.2. The Balaban J connectivity index is 2.14. The summed E-state index contributed by atoms with van der Waals surface area (Å²) in [6.45, 7) is 6.10. The molecule has 3 rings (SSSR count). The number of epoxide rings is 1. The van der Waals surface area contributed by atoms with E-state index in [1.807, 2.05) is 12.3 Å². The summed E-state index contributed by atoms with van der Waals surface area (Å²) in [7, 11) is 0. The van der Waals surface area contributed by atoms with E-state index in [2.05, 4.69) is 28.4 Å². The average molecular weight is 217 g/mol. The van der Waals surface area contributed by atoms with Crippen molar-refractivity contribution in [2.45, 2.75) is 32.4 Å². The molecule has 4 nitrogen and oxygen atoms in total. The van der Waals surface area contributed by atoms with Crippen LogP contribution in [-0.2, 0) is 11.3 Å². The molecule has 1 unspecified atom stereocenters. The summed E-state index contributed by atoms with van der Waals surface area (Å²) in [4.78, 5) is 8.83. The number of fused-ring (bicyclic) bond motifs is 1. The van der Waals surface area contributed by atoms with Gasteiger partial charge in [0.05, 0.1) is 36.5 Å². The summed E-state index contributed by atoms with van der Waals surface area (Å²) in [6, 6.07) is 1.96. The van der Waals surface area contributed by atoms with Crippen LogP contribution in [0.2, 0.25) is 0 Å². The highest BCUT2D eigenvalue weighted by Gasteiger charge is 2.25. The second-order valence-electron chi connectivity index (χ2n) is 4.56. The Bertz CT molecular complexity index is 514. The van der Waals surface area contributed by atoms with E-state index in [-0.39, 0.29) is 0 Å². The van der Waals surface area contributed by atoms with Gasteiger partial charge in [-0.2, -0.15) is 0 Å². The van der Waals surface area contributed by atoms with E-state index >= 15 is 0 Å². The van der Waals surface area contributed by atoms with E-state index in [0.717, 1.165) is 30.0 Å². The highest BCUT2D eigenvalue weighted by atomic mass is 16.6. The molecule has 2 aromatic heterocycles. The Kier molecular flexibility index (Phi) is 2.17. The van der Waals surface area contributed by atoms with Gasteiger partial charge in [-0.15, -0.1) is 0 Å². The molecule has 1 atom stereocenters. The van der Waals surface area contributed by atoms with Crippen LogP contribution in [0.4, 0.5) is 0 Å². The Morgan fingerprint density at radius 3 is 3.06 bits per heavy atom. The topological polar surface area (TPSA) is 43.2 Å². The Labute approximate surface area is 94.3 Å². The normalized spacial score (nSPS) is 19.6. The highest BCUT2D eigenvalue weighted by molar-refractivity contribution is 5.74. The van der Waals surface area contributed by atoms with Gasteiger partial charge in [-0.1, -0.05) is 13.8 Å². The molecule has 0 saturated carbocycles. The van der Waals surface area contributed by atoms with Crippen molar-refractivity contribution in [2.75, 3.05) is 6.61 Å². The first-order valence-electron chi connectivity index (χ1n) is 5.67. The number of rotatable bonds is 3. The van der Waals surface area contributed by atoms with Gasteiger partial charge in [0.15, 0.2) is 0 Å². The lowest BCUT2D eigenvalue weighted by molar-refractivity contribution is 0.381.